The number of carbonyl (C=O) groups excluding carboxylic acids is 1. The lowest BCUT2D eigenvalue weighted by atomic mass is 10.1. The molecule has 1 amide bonds. The number of benzene rings is 1. The van der Waals surface area contributed by atoms with E-state index in [2.05, 4.69) is 20.5 Å². The maximum Gasteiger partial charge on any atom is 0.490 e. The minimum atomic E-state index is -5.08. The molecule has 3 N–H and O–H groups in total. The Labute approximate surface area is 186 Å². The highest BCUT2D eigenvalue weighted by Crippen LogP contribution is 2.29. The van der Waals surface area contributed by atoms with Gasteiger partial charge in [-0.2, -0.15) is 31.4 Å². The summed E-state index contributed by atoms with van der Waals surface area (Å²) in [7, 11) is 0. The summed E-state index contributed by atoms with van der Waals surface area (Å²) in [5.74, 6) is -3.47. The van der Waals surface area contributed by atoms with Crippen LogP contribution in [-0.2, 0) is 17.5 Å². The Morgan fingerprint density at radius 3 is 2.18 bits per heavy atom. The van der Waals surface area contributed by atoms with Gasteiger partial charge in [0.05, 0.1) is 11.3 Å². The van der Waals surface area contributed by atoms with Crippen LogP contribution in [0.4, 0.5) is 26.3 Å². The number of amides is 1. The van der Waals surface area contributed by atoms with Crippen molar-refractivity contribution < 1.29 is 41.0 Å². The zero-order valence-electron chi connectivity index (χ0n) is 16.7. The zero-order chi connectivity index (χ0) is 25.5. The number of nitrogens with one attached hydrogen (secondary N) is 2. The number of aliphatic carboxylic acids is 1. The van der Waals surface area contributed by atoms with Gasteiger partial charge in [0.1, 0.15) is 5.56 Å². The third-order valence-electron chi connectivity index (χ3n) is 3.97. The van der Waals surface area contributed by atoms with Gasteiger partial charge in [0.25, 0.3) is 11.5 Å². The largest absolute Gasteiger partial charge is 0.490 e. The Morgan fingerprint density at radius 2 is 1.62 bits per heavy atom. The Kier molecular flexibility index (Phi) is 8.11. The molecule has 0 atom stereocenters. The molecule has 2 aromatic heterocycles. The van der Waals surface area contributed by atoms with Gasteiger partial charge in [-0.1, -0.05) is 12.1 Å². The van der Waals surface area contributed by atoms with E-state index in [1.807, 2.05) is 0 Å². The molecule has 0 bridgehead atoms. The molecule has 3 aromatic rings. The topological polar surface area (TPSA) is 125 Å². The van der Waals surface area contributed by atoms with E-state index in [1.54, 1.807) is 12.1 Å². The minimum Gasteiger partial charge on any atom is -0.475 e. The summed E-state index contributed by atoms with van der Waals surface area (Å²) >= 11 is 0. The summed E-state index contributed by atoms with van der Waals surface area (Å²) in [5.41, 5.74) is -0.429. The number of nitrogens with zero attached hydrogens (tertiary/aromatic N) is 2. The lowest BCUT2D eigenvalue weighted by Crippen LogP contribution is -2.29. The van der Waals surface area contributed by atoms with Crippen LogP contribution in [-0.4, -0.2) is 38.3 Å². The highest BCUT2D eigenvalue weighted by Gasteiger charge is 2.38. The fourth-order valence-corrected chi connectivity index (χ4v) is 2.38. The average Bonchev–Trinajstić information content (AvgIpc) is 2.78. The van der Waals surface area contributed by atoms with Gasteiger partial charge in [0, 0.05) is 24.5 Å². The fourth-order valence-electron chi connectivity index (χ4n) is 2.38. The Bertz CT molecular complexity index is 1210. The molecule has 0 aliphatic carbocycles. The number of aromatic amines is 1. The molecule has 1 aromatic carbocycles. The van der Waals surface area contributed by atoms with Crippen molar-refractivity contribution in [3.05, 3.63) is 81.9 Å². The van der Waals surface area contributed by atoms with Gasteiger partial charge in [-0.15, -0.1) is 0 Å². The van der Waals surface area contributed by atoms with Crippen LogP contribution in [0.2, 0.25) is 0 Å². The standard InChI is InChI=1S/C18H13F3N4O2.C2HF3O2/c19-18(20,21)13-3-1-2-11(8-13)10-23-16(26)14-9-15(24-25-17(14)27)12-4-6-22-7-5-12;3-2(4,5)1(6)7/h1-9H,10H2,(H,23,26)(H,25,27);(H,6,7). The number of carboxylic acid groups (broad SMARTS) is 1. The quantitative estimate of drug-likeness (QED) is 0.484. The van der Waals surface area contributed by atoms with Gasteiger partial charge in [-0.3, -0.25) is 14.6 Å². The first-order valence-corrected chi connectivity index (χ1v) is 9.03. The Balaban J connectivity index is 0.000000509. The molecule has 0 unspecified atom stereocenters. The maximum absolute atomic E-state index is 12.7. The van der Waals surface area contributed by atoms with E-state index in [0.29, 0.717) is 11.3 Å². The first-order valence-electron chi connectivity index (χ1n) is 9.03. The van der Waals surface area contributed by atoms with E-state index in [9.17, 15) is 35.9 Å². The number of pyridine rings is 1. The van der Waals surface area contributed by atoms with Crippen molar-refractivity contribution in [1.29, 1.82) is 0 Å². The molecule has 0 saturated heterocycles. The number of halogens is 6. The van der Waals surface area contributed by atoms with Crippen molar-refractivity contribution in [2.24, 2.45) is 0 Å². The Hall–Kier alpha value is -4.23. The van der Waals surface area contributed by atoms with E-state index in [0.717, 1.165) is 12.1 Å². The van der Waals surface area contributed by atoms with Crippen molar-refractivity contribution >= 4 is 11.9 Å². The predicted molar refractivity (Wildman–Crippen MR) is 104 cm³/mol. The van der Waals surface area contributed by atoms with Crippen LogP contribution in [0.15, 0.2) is 59.7 Å². The van der Waals surface area contributed by atoms with E-state index >= 15 is 0 Å². The third-order valence-corrected chi connectivity index (χ3v) is 3.97. The van der Waals surface area contributed by atoms with Crippen LogP contribution >= 0.6 is 0 Å². The second kappa shape index (κ2) is 10.6. The number of H-pyrrole nitrogens is 1. The number of carbonyl (C=O) groups is 2. The average molecular weight is 488 g/mol. The Morgan fingerprint density at radius 1 is 1.00 bits per heavy atom. The van der Waals surface area contributed by atoms with Crippen LogP contribution in [0.1, 0.15) is 21.5 Å². The summed E-state index contributed by atoms with van der Waals surface area (Å²) in [4.78, 5) is 37.0. The minimum absolute atomic E-state index is 0.158. The molecule has 14 heteroatoms. The predicted octanol–water partition coefficient (Wildman–Crippen LogP) is 3.41. The number of rotatable bonds is 4. The fraction of sp³-hybridized carbons (Fsp3) is 0.150. The summed E-state index contributed by atoms with van der Waals surface area (Å²) in [6, 6.07) is 9.23. The molecule has 0 saturated carbocycles. The number of hydrogen-bond acceptors (Lipinski definition) is 5. The molecular weight excluding hydrogens is 474 g/mol. The molecule has 0 aliphatic heterocycles. The smallest absolute Gasteiger partial charge is 0.475 e. The van der Waals surface area contributed by atoms with Gasteiger partial charge < -0.3 is 10.4 Å². The first-order chi connectivity index (χ1) is 15.8. The summed E-state index contributed by atoms with van der Waals surface area (Å²) in [5, 5.41) is 15.7. The van der Waals surface area contributed by atoms with Crippen molar-refractivity contribution in [2.75, 3.05) is 0 Å². The zero-order valence-corrected chi connectivity index (χ0v) is 16.7. The SMILES string of the molecule is O=C(NCc1cccc(C(F)(F)F)c1)c1cc(-c2ccncc2)n[nH]c1=O.O=C(O)C(F)(F)F. The maximum atomic E-state index is 12.7. The van der Waals surface area contributed by atoms with E-state index in [-0.39, 0.29) is 17.7 Å². The van der Waals surface area contributed by atoms with Crippen molar-refractivity contribution in [2.45, 2.75) is 18.9 Å². The summed E-state index contributed by atoms with van der Waals surface area (Å²) < 4.78 is 70.0. The van der Waals surface area contributed by atoms with Gasteiger partial charge in [0.15, 0.2) is 0 Å². The van der Waals surface area contributed by atoms with Gasteiger partial charge >= 0.3 is 18.3 Å². The normalized spacial score (nSPS) is 11.2. The first kappa shape index (κ1) is 26.0. The number of aromatic nitrogens is 3. The van der Waals surface area contributed by atoms with Crippen LogP contribution in [0.25, 0.3) is 11.3 Å². The lowest BCUT2D eigenvalue weighted by molar-refractivity contribution is -0.192. The number of hydrogen-bond donors (Lipinski definition) is 3. The summed E-state index contributed by atoms with van der Waals surface area (Å²) in [6.07, 6.45) is -6.48. The second-order valence-corrected chi connectivity index (χ2v) is 6.42. The molecule has 8 nitrogen and oxygen atoms in total. The monoisotopic (exact) mass is 488 g/mol. The van der Waals surface area contributed by atoms with E-state index in [1.165, 1.54) is 30.6 Å². The van der Waals surface area contributed by atoms with Crippen molar-refractivity contribution in [3.8, 4) is 11.3 Å². The van der Waals surface area contributed by atoms with Crippen LogP contribution in [0.5, 0.6) is 0 Å². The van der Waals surface area contributed by atoms with Crippen LogP contribution in [0, 0.1) is 0 Å². The molecular formula is C20H14F6N4O4. The third kappa shape index (κ3) is 7.43. The number of carboxylic acids is 1. The number of alkyl halides is 6. The molecule has 0 spiro atoms. The van der Waals surface area contributed by atoms with Crippen LogP contribution in [0.3, 0.4) is 0 Å². The summed E-state index contributed by atoms with van der Waals surface area (Å²) in [6.45, 7) is -0.158. The second-order valence-electron chi connectivity index (χ2n) is 6.42. The van der Waals surface area contributed by atoms with E-state index < -0.39 is 35.4 Å². The lowest BCUT2D eigenvalue weighted by Gasteiger charge is -2.10. The molecule has 2 heterocycles. The molecule has 0 fully saturated rings. The molecule has 34 heavy (non-hydrogen) atoms. The van der Waals surface area contributed by atoms with Crippen molar-refractivity contribution in [1.82, 2.24) is 20.5 Å². The highest BCUT2D eigenvalue weighted by molar-refractivity contribution is 5.94. The van der Waals surface area contributed by atoms with Gasteiger partial charge in [-0.05, 0) is 35.9 Å². The highest BCUT2D eigenvalue weighted by atomic mass is 19.4. The molecule has 0 aliphatic rings. The molecule has 180 valence electrons. The van der Waals surface area contributed by atoms with Gasteiger partial charge in [-0.25, -0.2) is 9.89 Å². The van der Waals surface area contributed by atoms with Gasteiger partial charge in [0.2, 0.25) is 0 Å². The molecule has 3 rings (SSSR count). The van der Waals surface area contributed by atoms with Crippen molar-refractivity contribution in [3.63, 3.8) is 0 Å². The molecule has 0 radical (unpaired) electrons. The van der Waals surface area contributed by atoms with E-state index in [4.69, 9.17) is 9.90 Å². The van der Waals surface area contributed by atoms with Crippen LogP contribution < -0.4 is 10.9 Å².